The van der Waals surface area contributed by atoms with Crippen molar-refractivity contribution in [1.82, 2.24) is 9.55 Å². The van der Waals surface area contributed by atoms with Gasteiger partial charge in [-0.2, -0.15) is 18.4 Å². The van der Waals surface area contributed by atoms with E-state index in [0.29, 0.717) is 18.6 Å². The van der Waals surface area contributed by atoms with E-state index < -0.39 is 11.7 Å². The summed E-state index contributed by atoms with van der Waals surface area (Å²) in [5.74, 6) is -0.298. The molecule has 0 N–H and O–H groups in total. The highest BCUT2D eigenvalue weighted by molar-refractivity contribution is 6.54. The van der Waals surface area contributed by atoms with Crippen LogP contribution in [-0.2, 0) is 19.1 Å². The molecule has 2 aromatic carbocycles. The van der Waals surface area contributed by atoms with Gasteiger partial charge in [0.15, 0.2) is 0 Å². The summed E-state index contributed by atoms with van der Waals surface area (Å²) < 4.78 is 41.5. The summed E-state index contributed by atoms with van der Waals surface area (Å²) in [6.07, 6.45) is 0.917. The van der Waals surface area contributed by atoms with Crippen LogP contribution in [0.1, 0.15) is 41.4 Å². The number of aromatic nitrogens is 2. The average Bonchev–Trinajstić information content (AvgIpc) is 3.14. The predicted octanol–water partition coefficient (Wildman–Crippen LogP) is 4.23. The van der Waals surface area contributed by atoms with Gasteiger partial charge in [0.05, 0.1) is 17.4 Å². The van der Waals surface area contributed by atoms with Crippen molar-refractivity contribution in [3.05, 3.63) is 83.2 Å². The zero-order chi connectivity index (χ0) is 20.9. The molecule has 0 aliphatic heterocycles. The van der Waals surface area contributed by atoms with Crippen LogP contribution in [0.3, 0.4) is 0 Å². The summed E-state index contributed by atoms with van der Waals surface area (Å²) >= 11 is 0. The molecule has 7 heteroatoms. The lowest BCUT2D eigenvalue weighted by atomic mass is 9.58. The Bertz CT molecular complexity index is 988. The molecule has 1 atom stereocenters. The summed E-state index contributed by atoms with van der Waals surface area (Å²) in [7, 11) is 0.406. The van der Waals surface area contributed by atoms with Gasteiger partial charge in [-0.3, -0.25) is 4.98 Å². The normalized spacial score (nSPS) is 12.4. The Kier molecular flexibility index (Phi) is 6.43. The minimum absolute atomic E-state index is 0.153. The fraction of sp³-hybridized carbons (Fsp3) is 0.273. The average molecular weight is 395 g/mol. The Morgan fingerprint density at radius 2 is 1.90 bits per heavy atom. The topological polar surface area (TPSA) is 41.6 Å². The smallest absolute Gasteiger partial charge is 0.329 e. The number of rotatable bonds is 7. The van der Waals surface area contributed by atoms with E-state index in [1.54, 1.807) is 23.0 Å². The van der Waals surface area contributed by atoms with Crippen LogP contribution in [0.25, 0.3) is 0 Å². The molecule has 3 aromatic rings. The minimum Gasteiger partial charge on any atom is -0.329 e. The second kappa shape index (κ2) is 9.00. The van der Waals surface area contributed by atoms with E-state index >= 15 is 0 Å². The third kappa shape index (κ3) is 5.08. The number of halogens is 3. The lowest BCUT2D eigenvalue weighted by Gasteiger charge is -2.19. The molecule has 0 aliphatic rings. The number of aryl methyl sites for hydroxylation is 1. The quantitative estimate of drug-likeness (QED) is 0.562. The predicted molar refractivity (Wildman–Crippen MR) is 108 cm³/mol. The Balaban J connectivity index is 2.02. The van der Waals surface area contributed by atoms with Crippen molar-refractivity contribution >= 4 is 13.0 Å². The van der Waals surface area contributed by atoms with E-state index in [1.807, 2.05) is 24.3 Å². The fourth-order valence-corrected chi connectivity index (χ4v) is 3.50. The first-order chi connectivity index (χ1) is 13.9. The van der Waals surface area contributed by atoms with Crippen LogP contribution in [0.2, 0.25) is 0 Å². The molecule has 1 aromatic heterocycles. The number of nitriles is 1. The first-order valence-electron chi connectivity index (χ1n) is 9.55. The van der Waals surface area contributed by atoms with E-state index in [4.69, 9.17) is 5.26 Å². The third-order valence-electron chi connectivity index (χ3n) is 4.97. The van der Waals surface area contributed by atoms with Gasteiger partial charge < -0.3 is 4.57 Å². The van der Waals surface area contributed by atoms with Crippen molar-refractivity contribution in [3.8, 4) is 6.07 Å². The van der Waals surface area contributed by atoms with E-state index in [-0.39, 0.29) is 12.4 Å². The van der Waals surface area contributed by atoms with Crippen LogP contribution in [-0.4, -0.2) is 16.8 Å². The largest absolute Gasteiger partial charge is 0.416 e. The molecule has 0 aliphatic carbocycles. The number of benzene rings is 2. The summed E-state index contributed by atoms with van der Waals surface area (Å²) in [5.41, 5.74) is 2.71. The number of hydrogen-bond acceptors (Lipinski definition) is 2. The van der Waals surface area contributed by atoms with Crippen LogP contribution in [0.15, 0.2) is 60.9 Å². The number of nitrogens with zero attached hydrogens (tertiary/aromatic N) is 3. The van der Waals surface area contributed by atoms with Crippen LogP contribution in [0.4, 0.5) is 13.2 Å². The highest BCUT2D eigenvalue weighted by atomic mass is 19.4. The molecular weight excluding hydrogens is 374 g/mol. The number of hydrogen-bond donors (Lipinski definition) is 0. The molecule has 148 valence electrons. The van der Waals surface area contributed by atoms with Crippen LogP contribution in [0, 0.1) is 11.3 Å². The highest BCUT2D eigenvalue weighted by Crippen LogP contribution is 2.32. The van der Waals surface area contributed by atoms with Gasteiger partial charge in [0.1, 0.15) is 6.54 Å². The van der Waals surface area contributed by atoms with Gasteiger partial charge in [0.25, 0.3) is 0 Å². The second-order valence-corrected chi connectivity index (χ2v) is 7.00. The molecule has 0 saturated carbocycles. The fourth-order valence-electron chi connectivity index (χ4n) is 3.50. The van der Waals surface area contributed by atoms with Crippen molar-refractivity contribution in [3.63, 3.8) is 0 Å². The molecule has 1 unspecified atom stereocenters. The van der Waals surface area contributed by atoms with Crippen LogP contribution >= 0.6 is 0 Å². The maximum atomic E-state index is 13.3. The summed E-state index contributed by atoms with van der Waals surface area (Å²) in [6.45, 7) is 2.26. The molecule has 1 heterocycles. The van der Waals surface area contributed by atoms with E-state index in [0.717, 1.165) is 24.5 Å². The minimum atomic E-state index is -4.40. The van der Waals surface area contributed by atoms with E-state index in [9.17, 15) is 13.2 Å². The lowest BCUT2D eigenvalue weighted by Crippen LogP contribution is -2.31. The molecule has 29 heavy (non-hydrogen) atoms. The molecule has 0 radical (unpaired) electrons. The Morgan fingerprint density at radius 1 is 1.14 bits per heavy atom. The molecule has 3 nitrogen and oxygen atoms in total. The summed E-state index contributed by atoms with van der Waals surface area (Å²) in [6, 6.07) is 15.6. The zero-order valence-corrected chi connectivity index (χ0v) is 16.2. The van der Waals surface area contributed by atoms with E-state index in [1.165, 1.54) is 17.7 Å². The Labute approximate surface area is 169 Å². The van der Waals surface area contributed by atoms with Gasteiger partial charge in [-0.1, -0.05) is 55.8 Å². The molecule has 0 spiro atoms. The lowest BCUT2D eigenvalue weighted by molar-refractivity contribution is -0.137. The van der Waals surface area contributed by atoms with Crippen molar-refractivity contribution in [1.29, 1.82) is 5.26 Å². The van der Waals surface area contributed by atoms with Crippen molar-refractivity contribution in [2.45, 2.75) is 38.3 Å². The molecular formula is C22H21BF3N3. The Hall–Kier alpha value is -3.01. The van der Waals surface area contributed by atoms with E-state index in [2.05, 4.69) is 18.0 Å². The number of imidazole rings is 1. The van der Waals surface area contributed by atoms with Gasteiger partial charge in [-0.25, -0.2) is 0 Å². The SMILES string of the molecule is CCCc1ccc(C(Bc2nccn2CC#N)c2cccc(C(F)(F)F)c2)cc1. The van der Waals surface area contributed by atoms with Crippen molar-refractivity contribution in [2.75, 3.05) is 0 Å². The molecule has 0 fully saturated rings. The van der Waals surface area contributed by atoms with Gasteiger partial charge >= 0.3 is 6.18 Å². The molecule has 0 saturated heterocycles. The van der Waals surface area contributed by atoms with Crippen molar-refractivity contribution in [2.24, 2.45) is 0 Å². The maximum absolute atomic E-state index is 13.3. The first kappa shape index (κ1) is 20.7. The maximum Gasteiger partial charge on any atom is 0.416 e. The van der Waals surface area contributed by atoms with Gasteiger partial charge in [0, 0.05) is 12.4 Å². The Morgan fingerprint density at radius 3 is 2.55 bits per heavy atom. The molecule has 3 rings (SSSR count). The molecule has 0 bridgehead atoms. The molecule has 0 amide bonds. The van der Waals surface area contributed by atoms with Crippen LogP contribution in [0.5, 0.6) is 0 Å². The first-order valence-corrected chi connectivity index (χ1v) is 9.55. The monoisotopic (exact) mass is 395 g/mol. The third-order valence-corrected chi connectivity index (χ3v) is 4.97. The summed E-state index contributed by atoms with van der Waals surface area (Å²) in [5, 5.41) is 9.01. The van der Waals surface area contributed by atoms with Gasteiger partial charge in [-0.05, 0) is 35.0 Å². The van der Waals surface area contributed by atoms with Crippen LogP contribution < -0.4 is 5.72 Å². The number of alkyl halides is 3. The van der Waals surface area contributed by atoms with Crippen molar-refractivity contribution < 1.29 is 13.2 Å². The van der Waals surface area contributed by atoms with Gasteiger partial charge in [0.2, 0.25) is 7.28 Å². The van der Waals surface area contributed by atoms with Gasteiger partial charge in [-0.15, -0.1) is 0 Å². The second-order valence-electron chi connectivity index (χ2n) is 7.00. The zero-order valence-electron chi connectivity index (χ0n) is 16.2. The summed E-state index contributed by atoms with van der Waals surface area (Å²) in [4.78, 5) is 4.33. The standard InChI is InChI=1S/C22H21BF3N3/c1-2-4-16-7-9-17(10-8-16)20(23-21-28-12-14-29(21)13-11-27)18-5-3-6-19(15-18)22(24,25)26/h3,5-10,12,14-15,20,23H,2,4,13H2,1H3. The highest BCUT2D eigenvalue weighted by Gasteiger charge is 2.31.